The number of rotatable bonds is 3. The highest BCUT2D eigenvalue weighted by Gasteiger charge is 2.32. The fourth-order valence-electron chi connectivity index (χ4n) is 3.94. The number of hydrogen-bond acceptors (Lipinski definition) is 3. The number of benzene rings is 2. The second kappa shape index (κ2) is 6.72. The number of hydrogen-bond donors (Lipinski definition) is 0. The lowest BCUT2D eigenvalue weighted by Crippen LogP contribution is -2.34. The van der Waals surface area contributed by atoms with E-state index in [1.54, 1.807) is 30.3 Å². The van der Waals surface area contributed by atoms with E-state index in [9.17, 15) is 12.8 Å². The molecule has 2 aromatic carbocycles. The molecule has 1 heterocycles. The highest BCUT2D eigenvalue weighted by molar-refractivity contribution is 9.10. The van der Waals surface area contributed by atoms with Gasteiger partial charge in [-0.3, -0.25) is 0 Å². The third kappa shape index (κ3) is 3.02. The lowest BCUT2D eigenvalue weighted by molar-refractivity contribution is 0.267. The first-order chi connectivity index (χ1) is 12.8. The summed E-state index contributed by atoms with van der Waals surface area (Å²) in [6.07, 6.45) is 2.21. The lowest BCUT2D eigenvalue weighted by Gasteiger charge is -2.29. The minimum Gasteiger partial charge on any atom is -0.306 e. The van der Waals surface area contributed by atoms with Crippen LogP contribution >= 0.6 is 15.9 Å². The van der Waals surface area contributed by atoms with Crippen LogP contribution in [-0.2, 0) is 22.9 Å². The monoisotopic (exact) mass is 450 g/mol. The van der Waals surface area contributed by atoms with E-state index in [4.69, 9.17) is 0 Å². The summed E-state index contributed by atoms with van der Waals surface area (Å²) in [6, 6.07) is 11.5. The second-order valence-electron chi connectivity index (χ2n) is 7.15. The Kier molecular flexibility index (Phi) is 4.64. The van der Waals surface area contributed by atoms with Gasteiger partial charge in [-0.1, -0.05) is 12.1 Å². The summed E-state index contributed by atoms with van der Waals surface area (Å²) in [5.41, 5.74) is 2.24. The smallest absolute Gasteiger partial charge is 0.269 e. The van der Waals surface area contributed by atoms with Gasteiger partial charge in [-0.15, -0.1) is 0 Å². The van der Waals surface area contributed by atoms with Crippen LogP contribution in [0.25, 0.3) is 10.9 Å². The Bertz CT molecular complexity index is 1140. The molecule has 7 heteroatoms. The molecule has 0 amide bonds. The predicted molar refractivity (Wildman–Crippen MR) is 108 cm³/mol. The maximum atomic E-state index is 14.0. The van der Waals surface area contributed by atoms with Gasteiger partial charge in [0.25, 0.3) is 10.0 Å². The van der Waals surface area contributed by atoms with Gasteiger partial charge in [-0.05, 0) is 85.2 Å². The predicted octanol–water partition coefficient (Wildman–Crippen LogP) is 4.20. The second-order valence-corrected chi connectivity index (χ2v) is 9.76. The molecule has 0 spiro atoms. The van der Waals surface area contributed by atoms with E-state index < -0.39 is 10.0 Å². The Labute approximate surface area is 166 Å². The molecule has 0 saturated carbocycles. The zero-order valence-electron chi connectivity index (χ0n) is 15.1. The van der Waals surface area contributed by atoms with Crippen molar-refractivity contribution in [1.29, 1.82) is 0 Å². The molecule has 0 aliphatic heterocycles. The Morgan fingerprint density at radius 1 is 1.19 bits per heavy atom. The van der Waals surface area contributed by atoms with Gasteiger partial charge in [-0.2, -0.15) is 0 Å². The topological polar surface area (TPSA) is 42.3 Å². The molecule has 4 nitrogen and oxygen atoms in total. The van der Waals surface area contributed by atoms with Crippen LogP contribution in [0.4, 0.5) is 4.39 Å². The summed E-state index contributed by atoms with van der Waals surface area (Å²) in [4.78, 5) is 2.36. The van der Waals surface area contributed by atoms with E-state index in [1.807, 2.05) is 14.1 Å². The fraction of sp³-hybridized carbons (Fsp3) is 0.300. The third-order valence-corrected chi connectivity index (χ3v) is 8.10. The Balaban J connectivity index is 2.01. The van der Waals surface area contributed by atoms with Crippen LogP contribution in [0.3, 0.4) is 0 Å². The van der Waals surface area contributed by atoms with Crippen LogP contribution in [-0.4, -0.2) is 37.4 Å². The zero-order chi connectivity index (χ0) is 19.3. The molecule has 1 aliphatic rings. The first-order valence-corrected chi connectivity index (χ1v) is 11.0. The Morgan fingerprint density at radius 3 is 2.63 bits per heavy atom. The summed E-state index contributed by atoms with van der Waals surface area (Å²) in [6.45, 7) is 0. The summed E-state index contributed by atoms with van der Waals surface area (Å²) in [7, 11) is 0.231. The van der Waals surface area contributed by atoms with Crippen molar-refractivity contribution in [3.8, 4) is 0 Å². The van der Waals surface area contributed by atoms with E-state index in [2.05, 4.69) is 20.8 Å². The van der Waals surface area contributed by atoms with Gasteiger partial charge < -0.3 is 4.90 Å². The highest BCUT2D eigenvalue weighted by atomic mass is 79.9. The van der Waals surface area contributed by atoms with E-state index in [1.165, 1.54) is 16.1 Å². The van der Waals surface area contributed by atoms with Gasteiger partial charge in [0.2, 0.25) is 0 Å². The summed E-state index contributed by atoms with van der Waals surface area (Å²) < 4.78 is 43.0. The van der Waals surface area contributed by atoms with Crippen molar-refractivity contribution in [1.82, 2.24) is 8.87 Å². The van der Waals surface area contributed by atoms with Gasteiger partial charge in [0.15, 0.2) is 0 Å². The van der Waals surface area contributed by atoms with Gasteiger partial charge in [0, 0.05) is 21.6 Å². The molecule has 1 aromatic heterocycles. The van der Waals surface area contributed by atoms with Crippen molar-refractivity contribution in [3.05, 3.63) is 64.0 Å². The van der Waals surface area contributed by atoms with E-state index in [0.29, 0.717) is 34.3 Å². The van der Waals surface area contributed by atoms with Crippen LogP contribution in [0, 0.1) is 5.82 Å². The van der Waals surface area contributed by atoms with Crippen molar-refractivity contribution >= 4 is 36.9 Å². The molecule has 3 aromatic rings. The van der Waals surface area contributed by atoms with Gasteiger partial charge in [-0.25, -0.2) is 16.8 Å². The molecule has 0 N–H and O–H groups in total. The Morgan fingerprint density at radius 2 is 1.93 bits per heavy atom. The SMILES string of the molecule is CN(C)C1CCc2c(c3cc(F)ccc3n2S(=O)(=O)c2ccccc2Br)C1. The van der Waals surface area contributed by atoms with Crippen molar-refractivity contribution in [2.45, 2.75) is 30.2 Å². The zero-order valence-corrected chi connectivity index (χ0v) is 17.5. The van der Waals surface area contributed by atoms with Crippen LogP contribution in [0.2, 0.25) is 0 Å². The third-order valence-electron chi connectivity index (χ3n) is 5.34. The Hall–Kier alpha value is -1.70. The molecular formula is C20H20BrFN2O2S. The van der Waals surface area contributed by atoms with Crippen LogP contribution in [0.5, 0.6) is 0 Å². The minimum absolute atomic E-state index is 0.212. The molecule has 1 aliphatic carbocycles. The fourth-order valence-corrected chi connectivity index (χ4v) is 6.51. The average Bonchev–Trinajstić information content (AvgIpc) is 2.95. The molecule has 0 bridgehead atoms. The number of fused-ring (bicyclic) bond motifs is 3. The van der Waals surface area contributed by atoms with Crippen LogP contribution in [0.1, 0.15) is 17.7 Å². The van der Waals surface area contributed by atoms with Crippen molar-refractivity contribution < 1.29 is 12.8 Å². The summed E-state index contributed by atoms with van der Waals surface area (Å²) in [5.74, 6) is -0.354. The van der Waals surface area contributed by atoms with Gasteiger partial charge >= 0.3 is 0 Å². The first kappa shape index (κ1) is 18.7. The van der Waals surface area contributed by atoms with E-state index in [0.717, 1.165) is 17.7 Å². The molecule has 0 radical (unpaired) electrons. The molecule has 142 valence electrons. The van der Waals surface area contributed by atoms with E-state index >= 15 is 0 Å². The van der Waals surface area contributed by atoms with Crippen molar-refractivity contribution in [2.75, 3.05) is 14.1 Å². The quantitative estimate of drug-likeness (QED) is 0.600. The van der Waals surface area contributed by atoms with E-state index in [-0.39, 0.29) is 10.7 Å². The number of aromatic nitrogens is 1. The van der Waals surface area contributed by atoms with Crippen LogP contribution in [0.15, 0.2) is 51.8 Å². The minimum atomic E-state index is -3.81. The molecule has 1 unspecified atom stereocenters. The first-order valence-electron chi connectivity index (χ1n) is 8.79. The number of halogens is 2. The molecule has 27 heavy (non-hydrogen) atoms. The highest BCUT2D eigenvalue weighted by Crippen LogP contribution is 2.37. The average molecular weight is 451 g/mol. The largest absolute Gasteiger partial charge is 0.306 e. The maximum Gasteiger partial charge on any atom is 0.269 e. The molecule has 4 rings (SSSR count). The maximum absolute atomic E-state index is 14.0. The van der Waals surface area contributed by atoms with Gasteiger partial charge in [0.05, 0.1) is 5.52 Å². The molecular weight excluding hydrogens is 431 g/mol. The molecule has 1 atom stereocenters. The normalized spacial score (nSPS) is 17.4. The standard InChI is InChI=1S/C20H20BrFN2O2S/c1-23(2)14-8-10-19-16(12-14)15-11-13(22)7-9-18(15)24(19)27(25,26)20-6-4-3-5-17(20)21/h3-7,9,11,14H,8,10,12H2,1-2H3. The van der Waals surface area contributed by atoms with Gasteiger partial charge in [0.1, 0.15) is 10.7 Å². The van der Waals surface area contributed by atoms with Crippen LogP contribution < -0.4 is 0 Å². The molecule has 0 fully saturated rings. The lowest BCUT2D eigenvalue weighted by atomic mass is 9.91. The summed E-state index contributed by atoms with van der Waals surface area (Å²) >= 11 is 3.36. The number of likely N-dealkylation sites (N-methyl/N-ethyl adjacent to an activating group) is 1. The number of nitrogens with zero attached hydrogens (tertiary/aromatic N) is 2. The molecule has 0 saturated heterocycles. The summed E-state index contributed by atoms with van der Waals surface area (Å²) in [5, 5.41) is 0.687. The van der Waals surface area contributed by atoms with Crippen molar-refractivity contribution in [2.24, 2.45) is 0 Å². The van der Waals surface area contributed by atoms with Crippen molar-refractivity contribution in [3.63, 3.8) is 0 Å².